The number of nitrogens with one attached hydrogen (secondary N) is 3. The molecule has 3 aromatic carbocycles. The summed E-state index contributed by atoms with van der Waals surface area (Å²) in [6.45, 7) is 2.15. The molecule has 3 amide bonds. The topological polar surface area (TPSA) is 92.2 Å². The van der Waals surface area contributed by atoms with Gasteiger partial charge < -0.3 is 10.6 Å². The van der Waals surface area contributed by atoms with Gasteiger partial charge in [0.1, 0.15) is 5.69 Å². The van der Waals surface area contributed by atoms with Crippen molar-refractivity contribution in [2.75, 3.05) is 10.7 Å². The first-order valence-corrected chi connectivity index (χ1v) is 11.1. The molecule has 0 atom stereocenters. The maximum absolute atomic E-state index is 13.1. The number of carbonyl (C=O) groups excluding carboxylic acids is 3. The molecule has 7 nitrogen and oxygen atoms in total. The highest BCUT2D eigenvalue weighted by Crippen LogP contribution is 2.25. The van der Waals surface area contributed by atoms with Gasteiger partial charge in [-0.3, -0.25) is 19.8 Å². The third-order valence-electron chi connectivity index (χ3n) is 5.11. The van der Waals surface area contributed by atoms with Crippen LogP contribution in [0.5, 0.6) is 0 Å². The van der Waals surface area contributed by atoms with Crippen LogP contribution in [-0.4, -0.2) is 22.4 Å². The molecule has 1 aromatic heterocycles. The molecule has 4 rings (SSSR count). The summed E-state index contributed by atoms with van der Waals surface area (Å²) in [4.78, 5) is 38.2. The Morgan fingerprint density at radius 1 is 0.882 bits per heavy atom. The van der Waals surface area contributed by atoms with Gasteiger partial charge in [-0.1, -0.05) is 65.2 Å². The minimum Gasteiger partial charge on any atom is -0.344 e. The lowest BCUT2D eigenvalue weighted by atomic mass is 10.1. The lowest BCUT2D eigenvalue weighted by Gasteiger charge is -2.13. The smallest absolute Gasteiger partial charge is 0.328 e. The largest absolute Gasteiger partial charge is 0.344 e. The molecule has 0 saturated heterocycles. The van der Waals surface area contributed by atoms with Crippen molar-refractivity contribution in [3.05, 3.63) is 99.7 Å². The summed E-state index contributed by atoms with van der Waals surface area (Å²) in [5, 5.41) is 6.73. The molecule has 0 aliphatic carbocycles. The number of fused-ring (bicyclic) bond motifs is 1. The van der Waals surface area contributed by atoms with Crippen LogP contribution in [0.2, 0.25) is 10.0 Å². The Hall–Kier alpha value is -3.81. The second-order valence-corrected chi connectivity index (χ2v) is 8.45. The standard InChI is InChI=1S/C25H20Cl2N4O3/c1-15-6-8-16(9-7-15)14-28-24(33)25(34)30-31-21-11-10-18(26)12-17(21)13-22(31)23(32)29-20-5-3-2-4-19(20)27/h2-13H,14H2,1H3,(H,28,33)(H,29,32)(H,30,34). The number of nitrogens with zero attached hydrogens (tertiary/aromatic N) is 1. The average molecular weight is 495 g/mol. The first-order chi connectivity index (χ1) is 16.3. The third-order valence-corrected chi connectivity index (χ3v) is 5.68. The molecular weight excluding hydrogens is 475 g/mol. The number of rotatable bonds is 5. The molecule has 4 aromatic rings. The fourth-order valence-corrected chi connectivity index (χ4v) is 3.71. The van der Waals surface area contributed by atoms with Crippen LogP contribution in [-0.2, 0) is 16.1 Å². The second-order valence-electron chi connectivity index (χ2n) is 7.61. The van der Waals surface area contributed by atoms with E-state index in [4.69, 9.17) is 23.2 Å². The SMILES string of the molecule is Cc1ccc(CNC(=O)C(=O)Nn2c(C(=O)Nc3ccccc3Cl)cc3cc(Cl)ccc32)cc1. The number of hydrogen-bond donors (Lipinski definition) is 3. The molecular formula is C25H20Cl2N4O3. The summed E-state index contributed by atoms with van der Waals surface area (Å²) in [6, 6.07) is 20.8. The van der Waals surface area contributed by atoms with E-state index in [1.165, 1.54) is 4.68 Å². The number of halogens is 2. The van der Waals surface area contributed by atoms with Crippen LogP contribution in [0, 0.1) is 6.92 Å². The van der Waals surface area contributed by atoms with Crippen molar-refractivity contribution < 1.29 is 14.4 Å². The van der Waals surface area contributed by atoms with Gasteiger partial charge in [-0.25, -0.2) is 4.68 Å². The van der Waals surface area contributed by atoms with E-state index in [1.54, 1.807) is 48.5 Å². The van der Waals surface area contributed by atoms with E-state index in [9.17, 15) is 14.4 Å². The molecule has 9 heteroatoms. The molecule has 0 radical (unpaired) electrons. The highest BCUT2D eigenvalue weighted by atomic mass is 35.5. The van der Waals surface area contributed by atoms with E-state index in [0.29, 0.717) is 26.6 Å². The van der Waals surface area contributed by atoms with Crippen molar-refractivity contribution in [3.8, 4) is 0 Å². The summed E-state index contributed by atoms with van der Waals surface area (Å²) in [6.07, 6.45) is 0. The van der Waals surface area contributed by atoms with Crippen LogP contribution in [0.4, 0.5) is 5.69 Å². The van der Waals surface area contributed by atoms with Crippen LogP contribution >= 0.6 is 23.2 Å². The van der Waals surface area contributed by atoms with Crippen LogP contribution < -0.4 is 16.1 Å². The number of aromatic nitrogens is 1. The number of anilines is 1. The van der Waals surface area contributed by atoms with Crippen LogP contribution in [0.3, 0.4) is 0 Å². The van der Waals surface area contributed by atoms with Crippen LogP contribution in [0.25, 0.3) is 10.9 Å². The van der Waals surface area contributed by atoms with E-state index in [0.717, 1.165) is 11.1 Å². The molecule has 0 unspecified atom stereocenters. The average Bonchev–Trinajstić information content (AvgIpc) is 3.17. The molecule has 0 aliphatic heterocycles. The van der Waals surface area contributed by atoms with Gasteiger partial charge >= 0.3 is 11.8 Å². The fourth-order valence-electron chi connectivity index (χ4n) is 3.34. The monoisotopic (exact) mass is 494 g/mol. The predicted molar refractivity (Wildman–Crippen MR) is 134 cm³/mol. The van der Waals surface area contributed by atoms with E-state index in [-0.39, 0.29) is 12.2 Å². The zero-order valence-electron chi connectivity index (χ0n) is 18.1. The molecule has 172 valence electrons. The second kappa shape index (κ2) is 9.99. The Morgan fingerprint density at radius 2 is 1.62 bits per heavy atom. The maximum atomic E-state index is 13.1. The minimum absolute atomic E-state index is 0.0943. The van der Waals surface area contributed by atoms with Crippen LogP contribution in [0.15, 0.2) is 72.8 Å². The normalized spacial score (nSPS) is 10.7. The molecule has 0 bridgehead atoms. The summed E-state index contributed by atoms with van der Waals surface area (Å²) >= 11 is 12.3. The molecule has 3 N–H and O–H groups in total. The lowest BCUT2D eigenvalue weighted by Crippen LogP contribution is -2.39. The Balaban J connectivity index is 1.57. The molecule has 1 heterocycles. The number of para-hydroxylation sites is 1. The van der Waals surface area contributed by atoms with Gasteiger partial charge in [-0.05, 0) is 48.9 Å². The molecule has 0 saturated carbocycles. The van der Waals surface area contributed by atoms with Crippen LogP contribution in [0.1, 0.15) is 21.6 Å². The van der Waals surface area contributed by atoms with Gasteiger partial charge in [0, 0.05) is 17.0 Å². The number of amides is 3. The Labute approximate surface area is 205 Å². The summed E-state index contributed by atoms with van der Waals surface area (Å²) in [5.74, 6) is -2.29. The van der Waals surface area contributed by atoms with Crippen molar-refractivity contribution in [1.82, 2.24) is 9.99 Å². The molecule has 0 fully saturated rings. The maximum Gasteiger partial charge on any atom is 0.328 e. The van der Waals surface area contributed by atoms with E-state index in [1.807, 2.05) is 31.2 Å². The minimum atomic E-state index is -0.925. The summed E-state index contributed by atoms with van der Waals surface area (Å²) < 4.78 is 1.26. The first-order valence-electron chi connectivity index (χ1n) is 10.3. The fraction of sp³-hybridized carbons (Fsp3) is 0.0800. The molecule has 0 aliphatic rings. The number of carbonyl (C=O) groups is 3. The third kappa shape index (κ3) is 5.22. The van der Waals surface area contributed by atoms with Crippen molar-refractivity contribution >= 4 is 57.5 Å². The quantitative estimate of drug-likeness (QED) is 0.344. The number of benzene rings is 3. The zero-order valence-corrected chi connectivity index (χ0v) is 19.6. The number of hydrogen-bond acceptors (Lipinski definition) is 3. The van der Waals surface area contributed by atoms with Crippen molar-refractivity contribution in [2.24, 2.45) is 0 Å². The van der Waals surface area contributed by atoms with Gasteiger partial charge in [0.05, 0.1) is 16.2 Å². The van der Waals surface area contributed by atoms with Gasteiger partial charge in [-0.15, -0.1) is 0 Å². The van der Waals surface area contributed by atoms with Gasteiger partial charge in [-0.2, -0.15) is 0 Å². The molecule has 34 heavy (non-hydrogen) atoms. The lowest BCUT2D eigenvalue weighted by molar-refractivity contribution is -0.136. The van der Waals surface area contributed by atoms with Gasteiger partial charge in [0.15, 0.2) is 0 Å². The first kappa shape index (κ1) is 23.4. The Morgan fingerprint density at radius 3 is 2.35 bits per heavy atom. The number of aryl methyl sites for hydroxylation is 1. The van der Waals surface area contributed by atoms with E-state index >= 15 is 0 Å². The van der Waals surface area contributed by atoms with Crippen molar-refractivity contribution in [2.45, 2.75) is 13.5 Å². The van der Waals surface area contributed by atoms with E-state index in [2.05, 4.69) is 16.1 Å². The highest BCUT2D eigenvalue weighted by Gasteiger charge is 2.21. The summed E-state index contributed by atoms with van der Waals surface area (Å²) in [7, 11) is 0. The van der Waals surface area contributed by atoms with Gasteiger partial charge in [0.25, 0.3) is 5.91 Å². The Kier molecular flexibility index (Phi) is 6.86. The van der Waals surface area contributed by atoms with Crippen molar-refractivity contribution in [1.29, 1.82) is 0 Å². The van der Waals surface area contributed by atoms with E-state index < -0.39 is 17.7 Å². The highest BCUT2D eigenvalue weighted by molar-refractivity contribution is 6.38. The zero-order chi connectivity index (χ0) is 24.2. The predicted octanol–water partition coefficient (Wildman–Crippen LogP) is 4.90. The molecule has 0 spiro atoms. The van der Waals surface area contributed by atoms with Gasteiger partial charge in [0.2, 0.25) is 0 Å². The Bertz CT molecular complexity index is 1400. The van der Waals surface area contributed by atoms with Crippen molar-refractivity contribution in [3.63, 3.8) is 0 Å². The summed E-state index contributed by atoms with van der Waals surface area (Å²) in [5.41, 5.74) is 5.45.